The first-order valence-electron chi connectivity index (χ1n) is 5.78. The van der Waals surface area contributed by atoms with E-state index in [9.17, 15) is 4.79 Å². The number of methoxy groups -OCH3 is 1. The summed E-state index contributed by atoms with van der Waals surface area (Å²) in [5.74, 6) is -0.367. The van der Waals surface area contributed by atoms with Crippen molar-refractivity contribution >= 4 is 22.3 Å². The van der Waals surface area contributed by atoms with Crippen LogP contribution in [0.3, 0.4) is 0 Å². The summed E-state index contributed by atoms with van der Waals surface area (Å²) in [5.41, 5.74) is 2.23. The monoisotopic (exact) mass is 283 g/mol. The minimum absolute atomic E-state index is 0.367. The Bertz CT molecular complexity index is 810. The number of ether oxygens (including phenoxy) is 1. The fraction of sp³-hybridized carbons (Fsp3) is 0.0714. The second-order valence-corrected chi connectivity index (χ2v) is 5.10. The molecule has 0 N–H and O–H groups in total. The van der Waals surface area contributed by atoms with Gasteiger partial charge in [-0.1, -0.05) is 23.5 Å². The molecule has 2 heterocycles. The predicted molar refractivity (Wildman–Crippen MR) is 74.6 cm³/mol. The van der Waals surface area contributed by atoms with Gasteiger partial charge < -0.3 is 4.74 Å². The highest BCUT2D eigenvalue weighted by molar-refractivity contribution is 7.18. The molecule has 3 aromatic rings. The highest BCUT2D eigenvalue weighted by Gasteiger charge is 2.13. The van der Waals surface area contributed by atoms with Crippen LogP contribution in [0.5, 0.6) is 0 Å². The zero-order valence-corrected chi connectivity index (χ0v) is 11.3. The largest absolute Gasteiger partial charge is 0.465 e. The number of benzene rings is 1. The summed E-state index contributed by atoms with van der Waals surface area (Å²) in [6.45, 7) is 0. The molecule has 20 heavy (non-hydrogen) atoms. The first kappa shape index (κ1) is 12.4. The Labute approximate surface area is 118 Å². The summed E-state index contributed by atoms with van der Waals surface area (Å²) in [6.07, 6.45) is 3.52. The molecule has 0 aliphatic heterocycles. The SMILES string of the molecule is COC(=O)c1cn2cc(-c3cccc(C#N)c3)nc2s1. The van der Waals surface area contributed by atoms with E-state index >= 15 is 0 Å². The van der Waals surface area contributed by atoms with Crippen LogP contribution < -0.4 is 0 Å². The van der Waals surface area contributed by atoms with Crippen LogP contribution in [-0.2, 0) is 4.74 Å². The van der Waals surface area contributed by atoms with E-state index in [1.807, 2.05) is 18.3 Å². The number of fused-ring (bicyclic) bond motifs is 1. The minimum Gasteiger partial charge on any atom is -0.465 e. The van der Waals surface area contributed by atoms with E-state index in [0.29, 0.717) is 15.4 Å². The first-order valence-corrected chi connectivity index (χ1v) is 6.60. The average Bonchev–Trinajstić information content (AvgIpc) is 3.05. The average molecular weight is 283 g/mol. The van der Waals surface area contributed by atoms with Gasteiger partial charge in [-0.25, -0.2) is 9.78 Å². The lowest BCUT2D eigenvalue weighted by Crippen LogP contribution is -1.97. The molecule has 0 saturated heterocycles. The van der Waals surface area contributed by atoms with Crippen LogP contribution in [0.1, 0.15) is 15.2 Å². The van der Waals surface area contributed by atoms with Crippen molar-refractivity contribution in [1.29, 1.82) is 5.26 Å². The molecule has 3 rings (SSSR count). The van der Waals surface area contributed by atoms with Crippen LogP contribution in [0.4, 0.5) is 0 Å². The van der Waals surface area contributed by atoms with Crippen molar-refractivity contribution in [2.24, 2.45) is 0 Å². The van der Waals surface area contributed by atoms with Crippen LogP contribution in [0.25, 0.3) is 16.2 Å². The Hall–Kier alpha value is -2.65. The Balaban J connectivity index is 2.03. The van der Waals surface area contributed by atoms with E-state index in [2.05, 4.69) is 15.8 Å². The molecule has 6 heteroatoms. The molecule has 0 aliphatic carbocycles. The van der Waals surface area contributed by atoms with Crippen molar-refractivity contribution in [3.8, 4) is 17.3 Å². The number of nitriles is 1. The smallest absolute Gasteiger partial charge is 0.349 e. The Morgan fingerprint density at radius 2 is 2.30 bits per heavy atom. The third-order valence-electron chi connectivity index (χ3n) is 2.83. The Morgan fingerprint density at radius 1 is 1.45 bits per heavy atom. The number of rotatable bonds is 2. The number of hydrogen-bond donors (Lipinski definition) is 0. The summed E-state index contributed by atoms with van der Waals surface area (Å²) >= 11 is 1.27. The molecular weight excluding hydrogens is 274 g/mol. The van der Waals surface area contributed by atoms with Gasteiger partial charge >= 0.3 is 5.97 Å². The standard InChI is InChI=1S/C14H9N3O2S/c1-19-13(18)12-8-17-7-11(16-14(17)20-12)10-4-2-3-9(5-10)6-15/h2-5,7-8H,1H3. The molecule has 2 aromatic heterocycles. The van der Waals surface area contributed by atoms with Crippen molar-refractivity contribution in [2.45, 2.75) is 0 Å². The maximum atomic E-state index is 11.4. The maximum Gasteiger partial charge on any atom is 0.349 e. The van der Waals surface area contributed by atoms with Crippen LogP contribution >= 0.6 is 11.3 Å². The lowest BCUT2D eigenvalue weighted by atomic mass is 10.1. The van der Waals surface area contributed by atoms with Gasteiger partial charge in [-0.05, 0) is 12.1 Å². The van der Waals surface area contributed by atoms with Gasteiger partial charge in [0.1, 0.15) is 4.88 Å². The molecule has 0 atom stereocenters. The number of nitrogens with zero attached hydrogens (tertiary/aromatic N) is 3. The van der Waals surface area contributed by atoms with Crippen molar-refractivity contribution in [3.05, 3.63) is 47.1 Å². The second-order valence-electron chi connectivity index (χ2n) is 4.10. The molecule has 0 unspecified atom stereocenters. The summed E-state index contributed by atoms with van der Waals surface area (Å²) in [6, 6.07) is 9.35. The fourth-order valence-corrected chi connectivity index (χ4v) is 2.76. The van der Waals surface area contributed by atoms with E-state index in [1.54, 1.807) is 22.7 Å². The number of imidazole rings is 1. The normalized spacial score (nSPS) is 10.4. The summed E-state index contributed by atoms with van der Waals surface area (Å²) < 4.78 is 6.46. The number of thiazole rings is 1. The van der Waals surface area contributed by atoms with Gasteiger partial charge in [0.2, 0.25) is 0 Å². The van der Waals surface area contributed by atoms with Gasteiger partial charge in [-0.3, -0.25) is 4.40 Å². The highest BCUT2D eigenvalue weighted by atomic mass is 32.1. The summed E-state index contributed by atoms with van der Waals surface area (Å²) in [4.78, 5) is 17.1. The van der Waals surface area contributed by atoms with E-state index < -0.39 is 0 Å². The predicted octanol–water partition coefficient (Wildman–Crippen LogP) is 2.72. The number of esters is 1. The van der Waals surface area contributed by atoms with E-state index in [-0.39, 0.29) is 5.97 Å². The second kappa shape index (κ2) is 4.79. The summed E-state index contributed by atoms with van der Waals surface area (Å²) in [5, 5.41) is 8.91. The zero-order chi connectivity index (χ0) is 14.1. The van der Waals surface area contributed by atoms with Gasteiger partial charge in [0.15, 0.2) is 4.96 Å². The number of carbonyl (C=O) groups is 1. The molecule has 0 fully saturated rings. The van der Waals surface area contributed by atoms with Crippen LogP contribution in [0.15, 0.2) is 36.7 Å². The Kier molecular flexibility index (Phi) is 2.97. The third-order valence-corrected chi connectivity index (χ3v) is 3.81. The zero-order valence-electron chi connectivity index (χ0n) is 10.5. The molecular formula is C14H9N3O2S. The van der Waals surface area contributed by atoms with Gasteiger partial charge in [0.05, 0.1) is 24.4 Å². The molecule has 1 aromatic carbocycles. The molecule has 98 valence electrons. The van der Waals surface area contributed by atoms with E-state index in [4.69, 9.17) is 5.26 Å². The van der Waals surface area contributed by atoms with E-state index in [1.165, 1.54) is 18.4 Å². The van der Waals surface area contributed by atoms with Gasteiger partial charge in [0, 0.05) is 18.0 Å². The summed E-state index contributed by atoms with van der Waals surface area (Å²) in [7, 11) is 1.35. The first-order chi connectivity index (χ1) is 9.71. The van der Waals surface area contributed by atoms with Crippen molar-refractivity contribution in [3.63, 3.8) is 0 Å². The van der Waals surface area contributed by atoms with Crippen LogP contribution in [0, 0.1) is 11.3 Å². The Morgan fingerprint density at radius 3 is 3.00 bits per heavy atom. The number of hydrogen-bond acceptors (Lipinski definition) is 5. The van der Waals surface area contributed by atoms with Crippen molar-refractivity contribution in [1.82, 2.24) is 9.38 Å². The molecule has 0 saturated carbocycles. The molecule has 0 radical (unpaired) electrons. The van der Waals surface area contributed by atoms with Gasteiger partial charge in [0.25, 0.3) is 0 Å². The molecule has 5 nitrogen and oxygen atoms in total. The van der Waals surface area contributed by atoms with Crippen LogP contribution in [-0.4, -0.2) is 22.5 Å². The van der Waals surface area contributed by atoms with Gasteiger partial charge in [-0.2, -0.15) is 5.26 Å². The quantitative estimate of drug-likeness (QED) is 0.678. The molecule has 0 amide bonds. The van der Waals surface area contributed by atoms with Crippen molar-refractivity contribution in [2.75, 3.05) is 7.11 Å². The lowest BCUT2D eigenvalue weighted by Gasteiger charge is -1.96. The van der Waals surface area contributed by atoms with Crippen molar-refractivity contribution < 1.29 is 9.53 Å². The third kappa shape index (κ3) is 2.04. The highest BCUT2D eigenvalue weighted by Crippen LogP contribution is 2.24. The number of aromatic nitrogens is 2. The molecule has 0 bridgehead atoms. The van der Waals surface area contributed by atoms with Crippen LogP contribution in [0.2, 0.25) is 0 Å². The molecule has 0 aliphatic rings. The fourth-order valence-electron chi connectivity index (χ4n) is 1.88. The molecule has 0 spiro atoms. The lowest BCUT2D eigenvalue weighted by molar-refractivity contribution is 0.0606. The van der Waals surface area contributed by atoms with Gasteiger partial charge in [-0.15, -0.1) is 0 Å². The number of carbonyl (C=O) groups excluding carboxylic acids is 1. The van der Waals surface area contributed by atoms with E-state index in [0.717, 1.165) is 11.3 Å². The topological polar surface area (TPSA) is 67.4 Å². The minimum atomic E-state index is -0.367. The maximum absolute atomic E-state index is 11.4.